The van der Waals surface area contributed by atoms with E-state index in [-0.39, 0.29) is 0 Å². The van der Waals surface area contributed by atoms with Crippen LogP contribution >= 0.6 is 11.6 Å². The Kier molecular flexibility index (Phi) is 7.39. The summed E-state index contributed by atoms with van der Waals surface area (Å²) in [5.41, 5.74) is 2.50. The lowest BCUT2D eigenvalue weighted by Crippen LogP contribution is -3.16. The van der Waals surface area contributed by atoms with Crippen molar-refractivity contribution < 1.29 is 14.7 Å². The predicted octanol–water partition coefficient (Wildman–Crippen LogP) is 2.44. The Morgan fingerprint density at radius 3 is 2.56 bits per heavy atom. The Balaban J connectivity index is 1.39. The highest BCUT2D eigenvalue weighted by molar-refractivity contribution is 6.30. The average molecular weight is 390 g/mol. The molecule has 1 atom stereocenters. The maximum atomic E-state index is 10.3. The first kappa shape index (κ1) is 20.0. The summed E-state index contributed by atoms with van der Waals surface area (Å²) in [6.45, 7) is 7.21. The normalized spacial score (nSPS) is 16.3. The van der Waals surface area contributed by atoms with Crippen LogP contribution in [0.15, 0.2) is 48.5 Å². The van der Waals surface area contributed by atoms with Gasteiger partial charge in [-0.3, -0.25) is 0 Å². The third-order valence-electron chi connectivity index (χ3n) is 5.07. The molecule has 27 heavy (non-hydrogen) atoms. The molecule has 4 nitrogen and oxygen atoms in total. The van der Waals surface area contributed by atoms with Crippen LogP contribution in [0.5, 0.6) is 5.75 Å². The molecule has 2 N–H and O–H groups in total. The van der Waals surface area contributed by atoms with Crippen molar-refractivity contribution in [3.8, 4) is 5.75 Å². The Morgan fingerprint density at radius 2 is 1.89 bits per heavy atom. The molecule has 0 saturated carbocycles. The Morgan fingerprint density at radius 1 is 1.15 bits per heavy atom. The van der Waals surface area contributed by atoms with E-state index in [2.05, 4.69) is 30.0 Å². The summed E-state index contributed by atoms with van der Waals surface area (Å²) >= 11 is 6.09. The van der Waals surface area contributed by atoms with Crippen molar-refractivity contribution in [2.45, 2.75) is 25.9 Å². The third kappa shape index (κ3) is 6.13. The summed E-state index contributed by atoms with van der Waals surface area (Å²) in [5.74, 6) is 0.828. The highest BCUT2D eigenvalue weighted by Gasteiger charge is 2.23. The molecule has 1 aliphatic rings. The lowest BCUT2D eigenvalue weighted by Gasteiger charge is -2.34. The van der Waals surface area contributed by atoms with Crippen LogP contribution in [0.1, 0.15) is 18.9 Å². The number of hydrogen-bond donors (Lipinski definition) is 2. The van der Waals surface area contributed by atoms with Gasteiger partial charge in [-0.15, -0.1) is 0 Å². The number of nitrogens with zero attached hydrogens (tertiary/aromatic N) is 1. The van der Waals surface area contributed by atoms with Crippen molar-refractivity contribution in [2.24, 2.45) is 0 Å². The van der Waals surface area contributed by atoms with E-state index >= 15 is 0 Å². The summed E-state index contributed by atoms with van der Waals surface area (Å²) in [4.78, 5) is 3.78. The van der Waals surface area contributed by atoms with Gasteiger partial charge in [0.25, 0.3) is 0 Å². The van der Waals surface area contributed by atoms with Gasteiger partial charge in [0.2, 0.25) is 0 Å². The maximum Gasteiger partial charge on any atom is 0.137 e. The minimum atomic E-state index is -0.451. The second-order valence-corrected chi connectivity index (χ2v) is 7.72. The molecule has 1 aliphatic heterocycles. The molecule has 0 bridgehead atoms. The Bertz CT molecular complexity index is 700. The number of ether oxygens (including phenoxy) is 1. The quantitative estimate of drug-likeness (QED) is 0.728. The molecule has 2 aromatic carbocycles. The van der Waals surface area contributed by atoms with Crippen molar-refractivity contribution in [1.82, 2.24) is 0 Å². The molecule has 5 heteroatoms. The first-order valence-corrected chi connectivity index (χ1v) is 10.3. The number of rotatable bonds is 8. The van der Waals surface area contributed by atoms with E-state index in [0.29, 0.717) is 6.61 Å². The topological polar surface area (TPSA) is 37.1 Å². The first-order chi connectivity index (χ1) is 13.1. The monoisotopic (exact) mass is 389 g/mol. The molecule has 0 aromatic heterocycles. The number of benzene rings is 2. The second-order valence-electron chi connectivity index (χ2n) is 7.28. The highest BCUT2D eigenvalue weighted by atomic mass is 35.5. The van der Waals surface area contributed by atoms with E-state index in [1.807, 2.05) is 30.3 Å². The molecule has 146 valence electrons. The van der Waals surface area contributed by atoms with Crippen LogP contribution in [-0.4, -0.2) is 50.5 Å². The number of quaternary nitrogens is 1. The fourth-order valence-corrected chi connectivity index (χ4v) is 3.77. The van der Waals surface area contributed by atoms with Crippen LogP contribution in [0, 0.1) is 0 Å². The summed E-state index contributed by atoms with van der Waals surface area (Å²) in [6.07, 6.45) is 1.78. The number of aliphatic hydroxyl groups excluding tert-OH is 1. The molecular formula is C22H30ClN2O2+. The van der Waals surface area contributed by atoms with Crippen LogP contribution in [0.25, 0.3) is 0 Å². The summed E-state index contributed by atoms with van der Waals surface area (Å²) in [6, 6.07) is 16.2. The number of nitrogens with one attached hydrogen (secondary N) is 1. The number of piperazine rings is 1. The van der Waals surface area contributed by atoms with E-state index in [4.69, 9.17) is 16.3 Å². The van der Waals surface area contributed by atoms with Gasteiger partial charge in [-0.25, -0.2) is 0 Å². The van der Waals surface area contributed by atoms with Crippen molar-refractivity contribution in [1.29, 1.82) is 0 Å². The fraction of sp³-hybridized carbons (Fsp3) is 0.455. The molecule has 3 rings (SSSR count). The molecule has 0 radical (unpaired) electrons. The number of halogens is 1. The molecule has 0 amide bonds. The average Bonchev–Trinajstić information content (AvgIpc) is 2.68. The van der Waals surface area contributed by atoms with E-state index in [0.717, 1.165) is 56.3 Å². The summed E-state index contributed by atoms with van der Waals surface area (Å²) in [5, 5.41) is 11.1. The summed E-state index contributed by atoms with van der Waals surface area (Å²) < 4.78 is 5.76. The van der Waals surface area contributed by atoms with Crippen molar-refractivity contribution >= 4 is 17.3 Å². The summed E-state index contributed by atoms with van der Waals surface area (Å²) in [7, 11) is 0. The zero-order chi connectivity index (χ0) is 19.1. The second kappa shape index (κ2) is 9.98. The number of anilines is 1. The van der Waals surface area contributed by atoms with E-state index in [1.54, 1.807) is 0 Å². The smallest absolute Gasteiger partial charge is 0.137 e. The van der Waals surface area contributed by atoms with Crippen LogP contribution in [-0.2, 0) is 6.42 Å². The minimum absolute atomic E-state index is 0.342. The standard InChI is InChI=1S/C22H29ClN2O2/c1-2-4-18-7-9-22(10-8-18)27-17-21(26)16-24-11-13-25(14-12-24)20-6-3-5-19(23)15-20/h3,5-10,15,21,26H,2,4,11-14,16-17H2,1H3/p+1/t21-/m1/s1. The number of hydrogen-bond acceptors (Lipinski definition) is 3. The Labute approximate surface area is 167 Å². The minimum Gasteiger partial charge on any atom is -0.491 e. The molecule has 1 heterocycles. The molecule has 0 unspecified atom stereocenters. The number of aliphatic hydroxyl groups is 1. The van der Waals surface area contributed by atoms with Gasteiger partial charge in [-0.2, -0.15) is 0 Å². The van der Waals surface area contributed by atoms with Gasteiger partial charge in [0.1, 0.15) is 25.0 Å². The molecule has 1 saturated heterocycles. The lowest BCUT2D eigenvalue weighted by atomic mass is 10.1. The molecule has 0 spiro atoms. The third-order valence-corrected chi connectivity index (χ3v) is 5.31. The lowest BCUT2D eigenvalue weighted by molar-refractivity contribution is -0.903. The van der Waals surface area contributed by atoms with E-state index in [9.17, 15) is 5.11 Å². The molecule has 2 aromatic rings. The zero-order valence-corrected chi connectivity index (χ0v) is 16.8. The van der Waals surface area contributed by atoms with Crippen molar-refractivity contribution in [2.75, 3.05) is 44.2 Å². The maximum absolute atomic E-state index is 10.3. The van der Waals surface area contributed by atoms with E-state index < -0.39 is 6.10 Å². The van der Waals surface area contributed by atoms with Crippen LogP contribution in [0.2, 0.25) is 5.02 Å². The first-order valence-electron chi connectivity index (χ1n) is 9.88. The van der Waals surface area contributed by atoms with Gasteiger partial charge >= 0.3 is 0 Å². The Hall–Kier alpha value is -1.75. The SMILES string of the molecule is CCCc1ccc(OC[C@H](O)C[NH+]2CCN(c3cccc(Cl)c3)CC2)cc1. The highest BCUT2D eigenvalue weighted by Crippen LogP contribution is 2.19. The molecule has 1 fully saturated rings. The van der Waals surface area contributed by atoms with Crippen LogP contribution < -0.4 is 14.5 Å². The van der Waals surface area contributed by atoms with Crippen LogP contribution in [0.3, 0.4) is 0 Å². The van der Waals surface area contributed by atoms with Crippen molar-refractivity contribution in [3.05, 3.63) is 59.1 Å². The molecule has 0 aliphatic carbocycles. The number of aryl methyl sites for hydroxylation is 1. The molecular weight excluding hydrogens is 360 g/mol. The largest absolute Gasteiger partial charge is 0.491 e. The van der Waals surface area contributed by atoms with Gasteiger partial charge in [-0.1, -0.05) is 43.1 Å². The van der Waals surface area contributed by atoms with Gasteiger partial charge in [0.05, 0.1) is 26.2 Å². The van der Waals surface area contributed by atoms with Gasteiger partial charge in [0, 0.05) is 10.7 Å². The van der Waals surface area contributed by atoms with Crippen molar-refractivity contribution in [3.63, 3.8) is 0 Å². The fourth-order valence-electron chi connectivity index (χ4n) is 3.58. The van der Waals surface area contributed by atoms with Gasteiger partial charge in [0.15, 0.2) is 0 Å². The van der Waals surface area contributed by atoms with E-state index in [1.165, 1.54) is 16.2 Å². The van der Waals surface area contributed by atoms with Gasteiger partial charge in [-0.05, 0) is 42.3 Å². The zero-order valence-electron chi connectivity index (χ0n) is 16.0. The van der Waals surface area contributed by atoms with Gasteiger partial charge < -0.3 is 19.6 Å². The predicted molar refractivity (Wildman–Crippen MR) is 111 cm³/mol. The van der Waals surface area contributed by atoms with Crippen LogP contribution in [0.4, 0.5) is 5.69 Å².